The molecule has 0 amide bonds. The molecule has 0 unspecified atom stereocenters. The van der Waals surface area contributed by atoms with Crippen LogP contribution >= 0.6 is 0 Å². The molecular formula is C13H11NO2. The van der Waals surface area contributed by atoms with Gasteiger partial charge in [-0.25, -0.2) is 0 Å². The van der Waals surface area contributed by atoms with Gasteiger partial charge in [0, 0.05) is 17.1 Å². The van der Waals surface area contributed by atoms with Crippen LogP contribution in [-0.4, -0.2) is 7.11 Å². The van der Waals surface area contributed by atoms with E-state index in [1.807, 2.05) is 36.4 Å². The van der Waals surface area contributed by atoms with Crippen LogP contribution in [0, 0.1) is 0 Å². The van der Waals surface area contributed by atoms with E-state index in [9.17, 15) is 0 Å². The van der Waals surface area contributed by atoms with Crippen LogP contribution in [0.15, 0.2) is 40.8 Å². The monoisotopic (exact) mass is 213 g/mol. The molecule has 0 aliphatic heterocycles. The molecule has 0 radical (unpaired) electrons. The second-order valence-electron chi connectivity index (χ2n) is 3.68. The first kappa shape index (κ1) is 9.09. The van der Waals surface area contributed by atoms with Crippen molar-refractivity contribution in [3.05, 3.63) is 36.4 Å². The lowest BCUT2D eigenvalue weighted by Crippen LogP contribution is -1.84. The lowest BCUT2D eigenvalue weighted by molar-refractivity contribution is 0.414. The summed E-state index contributed by atoms with van der Waals surface area (Å²) in [7, 11) is 1.64. The summed E-state index contributed by atoms with van der Waals surface area (Å²) in [6, 6.07) is 11.4. The van der Waals surface area contributed by atoms with Crippen LogP contribution in [0.2, 0.25) is 0 Å². The Hall–Kier alpha value is -2.16. The molecule has 1 heterocycles. The van der Waals surface area contributed by atoms with E-state index in [4.69, 9.17) is 14.9 Å². The molecular weight excluding hydrogens is 202 g/mol. The highest BCUT2D eigenvalue weighted by molar-refractivity contribution is 6.11. The van der Waals surface area contributed by atoms with Crippen molar-refractivity contribution in [3.63, 3.8) is 0 Å². The molecule has 0 fully saturated rings. The highest BCUT2D eigenvalue weighted by atomic mass is 16.5. The molecule has 3 heteroatoms. The first-order valence-corrected chi connectivity index (χ1v) is 5.04. The quantitative estimate of drug-likeness (QED) is 0.631. The summed E-state index contributed by atoms with van der Waals surface area (Å²) in [4.78, 5) is 0. The Morgan fingerprint density at radius 1 is 1.12 bits per heavy atom. The van der Waals surface area contributed by atoms with Crippen LogP contribution in [0.1, 0.15) is 0 Å². The minimum atomic E-state index is 0.737. The van der Waals surface area contributed by atoms with Gasteiger partial charge in [0.05, 0.1) is 12.5 Å². The molecule has 0 saturated carbocycles. The minimum Gasteiger partial charge on any atom is -0.497 e. The van der Waals surface area contributed by atoms with E-state index in [1.165, 1.54) is 0 Å². The molecule has 1 aromatic heterocycles. The smallest absolute Gasteiger partial charge is 0.139 e. The van der Waals surface area contributed by atoms with Crippen molar-refractivity contribution < 1.29 is 9.15 Å². The fourth-order valence-corrected chi connectivity index (χ4v) is 1.96. The van der Waals surface area contributed by atoms with Crippen LogP contribution in [0.5, 0.6) is 5.75 Å². The molecule has 3 aromatic rings. The molecule has 3 nitrogen and oxygen atoms in total. The van der Waals surface area contributed by atoms with Gasteiger partial charge in [-0.15, -0.1) is 0 Å². The van der Waals surface area contributed by atoms with E-state index in [1.54, 1.807) is 7.11 Å². The van der Waals surface area contributed by atoms with Crippen molar-refractivity contribution in [3.8, 4) is 5.75 Å². The van der Waals surface area contributed by atoms with Crippen molar-refractivity contribution in [2.24, 2.45) is 0 Å². The maximum absolute atomic E-state index is 5.95. The van der Waals surface area contributed by atoms with Gasteiger partial charge in [0.25, 0.3) is 0 Å². The van der Waals surface area contributed by atoms with E-state index in [0.29, 0.717) is 0 Å². The van der Waals surface area contributed by atoms with Crippen molar-refractivity contribution in [1.82, 2.24) is 0 Å². The number of hydrogen-bond acceptors (Lipinski definition) is 3. The number of hydrogen-bond donors (Lipinski definition) is 1. The van der Waals surface area contributed by atoms with E-state index in [2.05, 4.69) is 0 Å². The number of nitrogen functional groups attached to an aromatic ring is 1. The lowest BCUT2D eigenvalue weighted by Gasteiger charge is -1.97. The Morgan fingerprint density at radius 3 is 2.81 bits per heavy atom. The van der Waals surface area contributed by atoms with Gasteiger partial charge in [0.2, 0.25) is 0 Å². The van der Waals surface area contributed by atoms with Crippen molar-refractivity contribution in [2.75, 3.05) is 12.8 Å². The first-order chi connectivity index (χ1) is 7.79. The Kier molecular flexibility index (Phi) is 1.80. The third-order valence-corrected chi connectivity index (χ3v) is 2.74. The summed E-state index contributed by atoms with van der Waals surface area (Å²) in [6.45, 7) is 0. The van der Waals surface area contributed by atoms with Crippen molar-refractivity contribution >= 4 is 27.6 Å². The number of rotatable bonds is 1. The number of nitrogens with two attached hydrogens (primary N) is 1. The third-order valence-electron chi connectivity index (χ3n) is 2.74. The molecule has 0 aliphatic carbocycles. The van der Waals surface area contributed by atoms with Crippen LogP contribution in [0.3, 0.4) is 0 Å². The van der Waals surface area contributed by atoms with E-state index >= 15 is 0 Å². The van der Waals surface area contributed by atoms with Gasteiger partial charge < -0.3 is 14.9 Å². The Bertz CT molecular complexity index is 670. The fraction of sp³-hybridized carbons (Fsp3) is 0.0769. The summed E-state index contributed by atoms with van der Waals surface area (Å²) >= 11 is 0. The van der Waals surface area contributed by atoms with E-state index in [-0.39, 0.29) is 0 Å². The summed E-state index contributed by atoms with van der Waals surface area (Å²) in [6.07, 6.45) is 0. The van der Waals surface area contributed by atoms with Gasteiger partial charge >= 0.3 is 0 Å². The molecule has 0 atom stereocenters. The zero-order chi connectivity index (χ0) is 11.1. The Balaban J connectivity index is 2.47. The van der Waals surface area contributed by atoms with Gasteiger partial charge in [-0.1, -0.05) is 6.07 Å². The molecule has 0 bridgehead atoms. The molecule has 0 spiro atoms. The Labute approximate surface area is 92.4 Å². The van der Waals surface area contributed by atoms with Crippen molar-refractivity contribution in [2.45, 2.75) is 0 Å². The van der Waals surface area contributed by atoms with Gasteiger partial charge in [0.15, 0.2) is 0 Å². The summed E-state index contributed by atoms with van der Waals surface area (Å²) in [5, 5.41) is 1.99. The van der Waals surface area contributed by atoms with Crippen LogP contribution in [0.25, 0.3) is 21.9 Å². The van der Waals surface area contributed by atoms with Gasteiger partial charge in [-0.2, -0.15) is 0 Å². The maximum atomic E-state index is 5.95. The average Bonchev–Trinajstić information content (AvgIpc) is 2.67. The number of methoxy groups -OCH3 is 1. The lowest BCUT2D eigenvalue weighted by atomic mass is 10.1. The predicted molar refractivity (Wildman–Crippen MR) is 64.7 cm³/mol. The second-order valence-corrected chi connectivity index (χ2v) is 3.68. The topological polar surface area (TPSA) is 48.4 Å². The first-order valence-electron chi connectivity index (χ1n) is 5.04. The summed E-state index contributed by atoms with van der Waals surface area (Å²) in [5.41, 5.74) is 8.29. The van der Waals surface area contributed by atoms with E-state index < -0.39 is 0 Å². The molecule has 2 N–H and O–H groups in total. The highest BCUT2D eigenvalue weighted by Gasteiger charge is 2.09. The SMILES string of the molecule is COc1ccc2c(c1)oc1cccc(N)c12. The summed E-state index contributed by atoms with van der Waals surface area (Å²) < 4.78 is 10.9. The molecule has 0 saturated heterocycles. The van der Waals surface area contributed by atoms with E-state index in [0.717, 1.165) is 33.4 Å². The second kappa shape index (κ2) is 3.17. The predicted octanol–water partition coefficient (Wildman–Crippen LogP) is 3.18. The maximum Gasteiger partial charge on any atom is 0.139 e. The van der Waals surface area contributed by atoms with Crippen LogP contribution < -0.4 is 10.5 Å². The number of furan rings is 1. The van der Waals surface area contributed by atoms with Gasteiger partial charge in [-0.3, -0.25) is 0 Å². The zero-order valence-corrected chi connectivity index (χ0v) is 8.86. The Morgan fingerprint density at radius 2 is 2.00 bits per heavy atom. The fourth-order valence-electron chi connectivity index (χ4n) is 1.96. The van der Waals surface area contributed by atoms with Gasteiger partial charge in [-0.05, 0) is 24.3 Å². The molecule has 2 aromatic carbocycles. The number of ether oxygens (including phenoxy) is 1. The molecule has 80 valence electrons. The highest BCUT2D eigenvalue weighted by Crippen LogP contribution is 2.34. The number of fused-ring (bicyclic) bond motifs is 3. The third kappa shape index (κ3) is 1.15. The van der Waals surface area contributed by atoms with Crippen molar-refractivity contribution in [1.29, 1.82) is 0 Å². The normalized spacial score (nSPS) is 11.1. The molecule has 16 heavy (non-hydrogen) atoms. The number of anilines is 1. The molecule has 0 aliphatic rings. The number of benzene rings is 2. The average molecular weight is 213 g/mol. The minimum absolute atomic E-state index is 0.737. The zero-order valence-electron chi connectivity index (χ0n) is 8.86. The van der Waals surface area contributed by atoms with Gasteiger partial charge in [0.1, 0.15) is 16.9 Å². The largest absolute Gasteiger partial charge is 0.497 e. The van der Waals surface area contributed by atoms with Crippen LogP contribution in [-0.2, 0) is 0 Å². The molecule has 3 rings (SSSR count). The van der Waals surface area contributed by atoms with Crippen LogP contribution in [0.4, 0.5) is 5.69 Å². The standard InChI is InChI=1S/C13H11NO2/c1-15-8-5-6-9-12(7-8)16-11-4-2-3-10(14)13(9)11/h2-7H,14H2,1H3. The summed E-state index contributed by atoms with van der Waals surface area (Å²) in [5.74, 6) is 0.783.